The van der Waals surface area contributed by atoms with E-state index in [1.165, 1.54) is 43.9 Å². The van der Waals surface area contributed by atoms with Gasteiger partial charge in [0.1, 0.15) is 45.5 Å². The van der Waals surface area contributed by atoms with Gasteiger partial charge in [-0.05, 0) is 103 Å². The molecule has 11 N–H and O–H groups in total. The summed E-state index contributed by atoms with van der Waals surface area (Å²) >= 11 is 8.87. The summed E-state index contributed by atoms with van der Waals surface area (Å²) in [5, 5.41) is 34.8. The number of carbonyl (C=O) groups is 1. The second-order valence-electron chi connectivity index (χ2n) is 16.4. The molecule has 0 saturated heterocycles. The van der Waals surface area contributed by atoms with E-state index >= 15 is 0 Å². The van der Waals surface area contributed by atoms with Crippen molar-refractivity contribution in [1.82, 2.24) is 45.5 Å². The van der Waals surface area contributed by atoms with Crippen LogP contribution in [0.3, 0.4) is 0 Å². The highest BCUT2D eigenvalue weighted by Gasteiger charge is 2.17. The molecule has 0 bridgehead atoms. The van der Waals surface area contributed by atoms with Gasteiger partial charge in [-0.1, -0.05) is 12.2 Å². The number of H-pyrrole nitrogens is 1. The van der Waals surface area contributed by atoms with Crippen molar-refractivity contribution in [2.45, 2.75) is 11.3 Å². The number of nitrogens with one attached hydrogen (secondary N) is 7. The van der Waals surface area contributed by atoms with E-state index in [9.17, 15) is 18.0 Å². The first kappa shape index (κ1) is 69.7. The Morgan fingerprint density at radius 1 is 0.682 bits per heavy atom. The van der Waals surface area contributed by atoms with Crippen molar-refractivity contribution in [2.24, 2.45) is 5.73 Å². The zero-order valence-corrected chi connectivity index (χ0v) is 50.7. The maximum atomic E-state index is 12.8. The molecule has 0 aliphatic carbocycles. The quantitative estimate of drug-likeness (QED) is 0.0139. The fraction of sp³-hybridized carbons (Fsp3) is 0.345. The number of hydrogen-bond acceptors (Lipinski definition) is 25. The lowest BCUT2D eigenvalue weighted by Crippen LogP contribution is -2.19. The summed E-state index contributed by atoms with van der Waals surface area (Å²) in [6, 6.07) is 18.4. The molecule has 0 radical (unpaired) electrons. The maximum Gasteiger partial charge on any atom is 0.306 e. The lowest BCUT2D eigenvalue weighted by molar-refractivity contribution is -0.140. The number of aromatic hydroxyl groups is 1. The first-order chi connectivity index (χ1) is 41.4. The molecular formula is C55H70F3IN14O10S2. The molecule has 85 heavy (non-hydrogen) atoms. The van der Waals surface area contributed by atoms with Crippen molar-refractivity contribution in [3.63, 3.8) is 0 Å². The fourth-order valence-corrected chi connectivity index (χ4v) is 8.14. The van der Waals surface area contributed by atoms with Gasteiger partial charge in [0, 0.05) is 68.8 Å². The van der Waals surface area contributed by atoms with Crippen LogP contribution in [0.25, 0.3) is 0 Å². The number of pyridine rings is 7. The number of methoxy groups -OCH3 is 1. The molecule has 4 aliphatic heterocycles. The van der Waals surface area contributed by atoms with Crippen LogP contribution >= 0.6 is 46.6 Å². The van der Waals surface area contributed by atoms with Gasteiger partial charge in [0.2, 0.25) is 0 Å². The molecule has 0 saturated carbocycles. The third-order valence-electron chi connectivity index (χ3n) is 10.3. The summed E-state index contributed by atoms with van der Waals surface area (Å²) in [4.78, 5) is 37.5. The van der Waals surface area contributed by atoms with E-state index in [1.807, 2.05) is 43.6 Å². The standard InChI is InChI=1S/C11H14N2O3S.C8H11FN2O.C7H9FN2O.C7H7IN2O.C7H8N2OS.C7H8N2O.C5H4FNO.C3H9NO/c1-15-9(14)3-7-17-8-2-4-12-11-10(8)16-6-5-13-11;1-10-5-6-12-7-3-2-4-11-8(7)9;8-7-6(11-5-3-9)2-1-4-10-7;8-5-1-2-9-7-6(5)11-4-3-10-7;11-5-1-2-8-7-6(5)10-4-3-9-7;1-2-6-7(8-3-1)9-4-5-10-6;6-5-4(8)2-1-3-7-5;1-4-2-3-5/h2,4H,3,5-7H2,1H3,(H,12,13);2-4,10H,5-6H2,1H3;1-2,4H,3,5,9H2;1-2H,3-4H2,(H,9,10);1-2H,3-4H2,(H2,8,9,11);1-3H,4-5H2,(H,8,9);1-3,8H;4-5H,2-3H2,1H3. The topological polar surface area (TPSA) is 313 Å². The second kappa shape index (κ2) is 42.1. The lowest BCUT2D eigenvalue weighted by Gasteiger charge is -2.20. The van der Waals surface area contributed by atoms with E-state index in [1.54, 1.807) is 55.6 Å². The van der Waals surface area contributed by atoms with Crippen molar-refractivity contribution in [3.05, 3.63) is 136 Å². The highest BCUT2D eigenvalue weighted by Crippen LogP contribution is 2.36. The Kier molecular flexibility index (Phi) is 34.6. The number of hydrogen-bond donors (Lipinski definition) is 10. The van der Waals surface area contributed by atoms with Crippen LogP contribution in [0, 0.1) is 25.9 Å². The van der Waals surface area contributed by atoms with Crippen molar-refractivity contribution in [2.75, 3.05) is 140 Å². The van der Waals surface area contributed by atoms with E-state index in [0.717, 1.165) is 98.6 Å². The van der Waals surface area contributed by atoms with E-state index in [-0.39, 0.29) is 24.1 Å². The van der Waals surface area contributed by atoms with E-state index in [0.29, 0.717) is 58.2 Å². The number of aromatic nitrogens is 7. The summed E-state index contributed by atoms with van der Waals surface area (Å²) in [6.07, 6.45) is 11.5. The number of aromatic amines is 1. The first-order valence-electron chi connectivity index (χ1n) is 26.3. The number of likely N-dealkylation sites (N-methyl/N-ethyl adjacent to an activating group) is 2. The molecule has 0 spiro atoms. The lowest BCUT2D eigenvalue weighted by atomic mass is 10.4. The number of anilines is 4. The van der Waals surface area contributed by atoms with Crippen LogP contribution in [0.2, 0.25) is 0 Å². The van der Waals surface area contributed by atoms with Crippen LogP contribution in [0.15, 0.2) is 115 Å². The Hall–Kier alpha value is -7.75. The number of aliphatic hydroxyl groups excluding tert-OH is 1. The number of aliphatic hydroxyl groups is 1. The number of nitrogens with zero attached hydrogens (tertiary/aromatic N) is 6. The molecule has 24 nitrogen and oxygen atoms in total. The monoisotopic (exact) mass is 1330 g/mol. The smallest absolute Gasteiger partial charge is 0.306 e. The normalized spacial score (nSPS) is 12.2. The molecule has 4 aliphatic rings. The van der Waals surface area contributed by atoms with Gasteiger partial charge < -0.3 is 86.0 Å². The van der Waals surface area contributed by atoms with Crippen LogP contribution < -0.4 is 66.1 Å². The number of fused-ring (bicyclic) bond motifs is 4. The number of ether oxygens (including phenoxy) is 7. The Labute approximate surface area is 513 Å². The Morgan fingerprint density at radius 2 is 1.22 bits per heavy atom. The third kappa shape index (κ3) is 26.8. The van der Waals surface area contributed by atoms with Crippen molar-refractivity contribution in [1.29, 1.82) is 0 Å². The van der Waals surface area contributed by atoms with E-state index in [4.69, 9.17) is 56.6 Å². The van der Waals surface area contributed by atoms with Crippen molar-refractivity contribution >= 4 is 75.8 Å². The molecule has 7 aromatic rings. The number of carbonyl (C=O) groups excluding carboxylic acids is 1. The van der Waals surface area contributed by atoms with E-state index < -0.39 is 23.6 Å². The van der Waals surface area contributed by atoms with Crippen molar-refractivity contribution < 1.29 is 61.3 Å². The fourth-order valence-electron chi connectivity index (χ4n) is 6.41. The molecule has 11 heterocycles. The van der Waals surface area contributed by atoms with Gasteiger partial charge in [0.05, 0.1) is 59.3 Å². The molecule has 460 valence electrons. The largest absolute Gasteiger partial charge is 0.504 e. The van der Waals surface area contributed by atoms with Crippen molar-refractivity contribution in [3.8, 4) is 40.2 Å². The summed E-state index contributed by atoms with van der Waals surface area (Å²) in [6.45, 7) is 8.84. The highest BCUT2D eigenvalue weighted by molar-refractivity contribution is 14.1. The van der Waals surface area contributed by atoms with Gasteiger partial charge in [-0.15, -0.1) is 11.8 Å². The number of thioether (sulfide) groups is 1. The Bertz CT molecular complexity index is 3040. The first-order valence-corrected chi connectivity index (χ1v) is 28.7. The van der Waals surface area contributed by atoms with Crippen LogP contribution in [0.1, 0.15) is 6.42 Å². The van der Waals surface area contributed by atoms with E-state index in [2.05, 4.69) is 94.1 Å². The zero-order chi connectivity index (χ0) is 61.3. The van der Waals surface area contributed by atoms with Gasteiger partial charge in [-0.2, -0.15) is 13.2 Å². The van der Waals surface area contributed by atoms with Crippen LogP contribution in [0.5, 0.6) is 40.2 Å². The van der Waals surface area contributed by atoms with Gasteiger partial charge in [-0.25, -0.2) is 29.9 Å². The highest BCUT2D eigenvalue weighted by atomic mass is 127. The van der Waals surface area contributed by atoms with Gasteiger partial charge >= 0.3 is 5.97 Å². The SMILES string of the molecule is CNCCO.CNCCOc1cccnc1F.COC(=O)CCSc1ccnc2c1OCCN2.Ic1ccnc2c1OCCN2.NCCOc1cccnc1F.Oc1cccnc1F.S=c1cc[nH]c2c1OCCN2.c1cnc2c(c1)OCCN2. The predicted octanol–water partition coefficient (Wildman–Crippen LogP) is 6.97. The third-order valence-corrected chi connectivity index (χ3v) is 12.5. The Balaban J connectivity index is 0.000000212. The molecule has 0 aromatic carbocycles. The minimum atomic E-state index is -0.826. The average Bonchev–Trinajstić information content (AvgIpc) is 3.60. The number of esters is 1. The van der Waals surface area contributed by atoms with Gasteiger partial charge in [-0.3, -0.25) is 4.79 Å². The molecule has 7 aromatic heterocycles. The predicted molar refractivity (Wildman–Crippen MR) is 330 cm³/mol. The molecule has 0 atom stereocenters. The van der Waals surface area contributed by atoms with Gasteiger partial charge in [0.25, 0.3) is 17.8 Å². The van der Waals surface area contributed by atoms with Crippen LogP contribution in [0.4, 0.5) is 36.4 Å². The van der Waals surface area contributed by atoms with Crippen LogP contribution in [-0.2, 0) is 9.53 Å². The van der Waals surface area contributed by atoms with Gasteiger partial charge in [0.15, 0.2) is 57.7 Å². The maximum absolute atomic E-state index is 12.8. The minimum Gasteiger partial charge on any atom is -0.504 e. The minimum absolute atomic E-state index is 0.151. The number of halogens is 4. The molecule has 11 rings (SSSR count). The summed E-state index contributed by atoms with van der Waals surface area (Å²) in [7, 11) is 5.01. The summed E-state index contributed by atoms with van der Waals surface area (Å²) in [5.74, 6) is 5.13. The number of nitrogens with two attached hydrogens (primary N) is 1. The van der Waals surface area contributed by atoms with Crippen LogP contribution in [-0.4, -0.2) is 170 Å². The summed E-state index contributed by atoms with van der Waals surface area (Å²) < 4.78 is 75.5. The molecule has 0 unspecified atom stereocenters. The average molecular weight is 1340 g/mol. The zero-order valence-electron chi connectivity index (χ0n) is 47.0. The Morgan fingerprint density at radius 3 is 1.78 bits per heavy atom. The number of rotatable bonds is 13. The second-order valence-corrected chi connectivity index (χ2v) is 19.2. The molecule has 0 fully saturated rings. The summed E-state index contributed by atoms with van der Waals surface area (Å²) in [5.41, 5.74) is 5.16. The molecular weight excluding hydrogens is 1260 g/mol. The molecule has 30 heteroatoms. The molecule has 0 amide bonds.